The van der Waals surface area contributed by atoms with Crippen LogP contribution >= 0.6 is 0 Å². The topological polar surface area (TPSA) is 25.4 Å². The van der Waals surface area contributed by atoms with Crippen LogP contribution < -0.4 is 4.74 Å². The molecule has 5 rings (SSSR count). The first-order valence-electron chi connectivity index (χ1n) is 9.99. The Hall–Kier alpha value is -2.46. The van der Waals surface area contributed by atoms with Gasteiger partial charge in [-0.15, -0.1) is 0 Å². The summed E-state index contributed by atoms with van der Waals surface area (Å²) in [7, 11) is 3.92. The molecule has 144 valence electrons. The molecular formula is C24H25FN2O. The Kier molecular flexibility index (Phi) is 4.13. The average molecular weight is 376 g/mol. The van der Waals surface area contributed by atoms with Crippen LogP contribution in [0.25, 0.3) is 10.9 Å². The second-order valence-electron chi connectivity index (χ2n) is 8.38. The van der Waals surface area contributed by atoms with E-state index in [0.29, 0.717) is 11.3 Å². The van der Waals surface area contributed by atoms with E-state index in [9.17, 15) is 4.39 Å². The number of ether oxygens (including phenoxy) is 1. The van der Waals surface area contributed by atoms with Crippen LogP contribution in [0.1, 0.15) is 23.2 Å². The van der Waals surface area contributed by atoms with Gasteiger partial charge in [0.25, 0.3) is 0 Å². The van der Waals surface area contributed by atoms with Gasteiger partial charge in [-0.25, -0.2) is 4.39 Å². The lowest BCUT2D eigenvalue weighted by atomic mass is 9.58. The number of methoxy groups -OCH3 is 1. The summed E-state index contributed by atoms with van der Waals surface area (Å²) in [6.45, 7) is 2.12. The van der Waals surface area contributed by atoms with Gasteiger partial charge in [0.1, 0.15) is 11.6 Å². The molecule has 0 saturated carbocycles. The van der Waals surface area contributed by atoms with Crippen molar-refractivity contribution < 1.29 is 9.13 Å². The third-order valence-corrected chi connectivity index (χ3v) is 6.82. The van der Waals surface area contributed by atoms with Gasteiger partial charge in [-0.2, -0.15) is 0 Å². The fraction of sp³-hybridized carbons (Fsp3) is 0.375. The monoisotopic (exact) mass is 376 g/mol. The van der Waals surface area contributed by atoms with Crippen LogP contribution in [0.5, 0.6) is 5.75 Å². The highest BCUT2D eigenvalue weighted by molar-refractivity contribution is 5.80. The average Bonchev–Trinajstić information content (AvgIpc) is 2.71. The minimum Gasteiger partial charge on any atom is -0.497 e. The molecule has 1 aromatic heterocycles. The normalized spacial score (nSPS) is 24.6. The van der Waals surface area contributed by atoms with Gasteiger partial charge in [-0.3, -0.25) is 4.98 Å². The Morgan fingerprint density at radius 2 is 2.04 bits per heavy atom. The van der Waals surface area contributed by atoms with Crippen molar-refractivity contribution in [3.8, 4) is 5.75 Å². The fourth-order valence-corrected chi connectivity index (χ4v) is 5.28. The molecule has 0 radical (unpaired) electrons. The first kappa shape index (κ1) is 17.6. The number of hydrogen-bond acceptors (Lipinski definition) is 3. The van der Waals surface area contributed by atoms with Gasteiger partial charge < -0.3 is 9.64 Å². The molecule has 1 saturated heterocycles. The maximum atomic E-state index is 14.3. The number of piperidine rings is 1. The predicted molar refractivity (Wildman–Crippen MR) is 109 cm³/mol. The number of rotatable bonds is 2. The number of nitrogens with zero attached hydrogens (tertiary/aromatic N) is 2. The summed E-state index contributed by atoms with van der Waals surface area (Å²) >= 11 is 0. The second kappa shape index (κ2) is 6.56. The summed E-state index contributed by atoms with van der Waals surface area (Å²) in [6.07, 6.45) is 2.94. The van der Waals surface area contributed by atoms with E-state index >= 15 is 0 Å². The maximum absolute atomic E-state index is 14.3. The molecule has 2 aliphatic rings. The predicted octanol–water partition coefficient (Wildman–Crippen LogP) is 4.37. The highest BCUT2D eigenvalue weighted by Gasteiger charge is 2.47. The SMILES string of the molecule is COc1cccc([C@@]23CCN(C)C[C@@H]2Cc2cc4c(F)cccc4nc2C3)c1. The number of hydrogen-bond donors (Lipinski definition) is 0. The molecule has 1 fully saturated rings. The molecular weight excluding hydrogens is 351 g/mol. The van der Waals surface area contributed by atoms with Crippen molar-refractivity contribution >= 4 is 10.9 Å². The highest BCUT2D eigenvalue weighted by atomic mass is 19.1. The van der Waals surface area contributed by atoms with Crippen LogP contribution in [0.3, 0.4) is 0 Å². The largest absolute Gasteiger partial charge is 0.497 e. The van der Waals surface area contributed by atoms with Crippen LogP contribution in [-0.2, 0) is 18.3 Å². The zero-order valence-electron chi connectivity index (χ0n) is 16.4. The molecule has 0 bridgehead atoms. The molecule has 4 heteroatoms. The van der Waals surface area contributed by atoms with Crippen molar-refractivity contribution in [2.45, 2.75) is 24.7 Å². The summed E-state index contributed by atoms with van der Waals surface area (Å²) in [5.41, 5.74) is 4.49. The van der Waals surface area contributed by atoms with Crippen molar-refractivity contribution in [1.82, 2.24) is 9.88 Å². The highest BCUT2D eigenvalue weighted by Crippen LogP contribution is 2.48. The third-order valence-electron chi connectivity index (χ3n) is 6.82. The summed E-state index contributed by atoms with van der Waals surface area (Å²) in [5.74, 6) is 1.21. The molecule has 28 heavy (non-hydrogen) atoms. The lowest BCUT2D eigenvalue weighted by Crippen LogP contribution is -2.53. The molecule has 0 spiro atoms. The second-order valence-corrected chi connectivity index (χ2v) is 8.38. The quantitative estimate of drug-likeness (QED) is 0.664. The number of fused-ring (bicyclic) bond motifs is 3. The van der Waals surface area contributed by atoms with E-state index in [-0.39, 0.29) is 11.2 Å². The van der Waals surface area contributed by atoms with Crippen LogP contribution in [0, 0.1) is 11.7 Å². The Morgan fingerprint density at radius 3 is 2.89 bits per heavy atom. The number of pyridine rings is 1. The molecule has 1 aliphatic heterocycles. The molecule has 0 amide bonds. The van der Waals surface area contributed by atoms with Gasteiger partial charge in [0.05, 0.1) is 12.6 Å². The van der Waals surface area contributed by atoms with E-state index < -0.39 is 0 Å². The molecule has 3 nitrogen and oxygen atoms in total. The van der Waals surface area contributed by atoms with Crippen molar-refractivity contribution in [2.75, 3.05) is 27.2 Å². The molecule has 1 aliphatic carbocycles. The van der Waals surface area contributed by atoms with E-state index in [2.05, 4.69) is 30.1 Å². The lowest BCUT2D eigenvalue weighted by Gasteiger charge is -2.50. The zero-order valence-corrected chi connectivity index (χ0v) is 16.4. The van der Waals surface area contributed by atoms with Crippen LogP contribution in [0.4, 0.5) is 4.39 Å². The smallest absolute Gasteiger partial charge is 0.132 e. The van der Waals surface area contributed by atoms with Gasteiger partial charge in [0.15, 0.2) is 0 Å². The molecule has 2 heterocycles. The van der Waals surface area contributed by atoms with E-state index in [1.165, 1.54) is 17.2 Å². The molecule has 2 atom stereocenters. The summed E-state index contributed by atoms with van der Waals surface area (Å²) in [6, 6.07) is 15.8. The van der Waals surface area contributed by atoms with Crippen molar-refractivity contribution in [3.63, 3.8) is 0 Å². The third kappa shape index (κ3) is 2.70. The maximum Gasteiger partial charge on any atom is 0.132 e. The number of halogens is 1. The van der Waals surface area contributed by atoms with Crippen molar-refractivity contribution in [3.05, 3.63) is 71.2 Å². The fourth-order valence-electron chi connectivity index (χ4n) is 5.28. The van der Waals surface area contributed by atoms with Gasteiger partial charge in [0.2, 0.25) is 0 Å². The standard InChI is InChI=1S/C24H25FN2O/c1-27-10-9-24(17-5-3-6-19(13-17)28-2)14-23-16(11-18(24)15-27)12-20-21(25)7-4-8-22(20)26-23/h3-8,12-13,18H,9-11,14-15H2,1-2H3/t18-,24-/m0/s1. The molecule has 0 unspecified atom stereocenters. The number of likely N-dealkylation sites (tertiary alicyclic amines) is 1. The van der Waals surface area contributed by atoms with Gasteiger partial charge >= 0.3 is 0 Å². The first-order chi connectivity index (χ1) is 13.6. The van der Waals surface area contributed by atoms with Crippen molar-refractivity contribution in [1.29, 1.82) is 0 Å². The summed E-state index contributed by atoms with van der Waals surface area (Å²) in [5, 5.41) is 0.638. The Bertz CT molecular complexity index is 1050. The zero-order chi connectivity index (χ0) is 19.3. The van der Waals surface area contributed by atoms with Gasteiger partial charge in [0, 0.05) is 29.5 Å². The van der Waals surface area contributed by atoms with Gasteiger partial charge in [-0.05, 0) is 73.8 Å². The summed E-state index contributed by atoms with van der Waals surface area (Å²) < 4.78 is 19.8. The van der Waals surface area contributed by atoms with Crippen LogP contribution in [-0.4, -0.2) is 37.1 Å². The Labute approximate surface area is 165 Å². The molecule has 2 aromatic carbocycles. The van der Waals surface area contributed by atoms with E-state index in [1.807, 2.05) is 18.2 Å². The van der Waals surface area contributed by atoms with E-state index in [1.54, 1.807) is 13.2 Å². The lowest BCUT2D eigenvalue weighted by molar-refractivity contribution is 0.0987. The summed E-state index contributed by atoms with van der Waals surface area (Å²) in [4.78, 5) is 7.33. The van der Waals surface area contributed by atoms with E-state index in [4.69, 9.17) is 9.72 Å². The number of aromatic nitrogens is 1. The van der Waals surface area contributed by atoms with Crippen LogP contribution in [0.15, 0.2) is 48.5 Å². The minimum atomic E-state index is -0.182. The van der Waals surface area contributed by atoms with Crippen molar-refractivity contribution in [2.24, 2.45) is 5.92 Å². The molecule has 3 aromatic rings. The Balaban J connectivity index is 1.66. The Morgan fingerprint density at radius 1 is 1.18 bits per heavy atom. The molecule has 0 N–H and O–H groups in total. The van der Waals surface area contributed by atoms with Gasteiger partial charge in [-0.1, -0.05) is 18.2 Å². The van der Waals surface area contributed by atoms with Crippen LogP contribution in [0.2, 0.25) is 0 Å². The minimum absolute atomic E-state index is 0.0576. The first-order valence-corrected chi connectivity index (χ1v) is 9.99. The number of benzene rings is 2. The van der Waals surface area contributed by atoms with E-state index in [0.717, 1.165) is 49.3 Å².